The maximum absolute atomic E-state index is 2.42. The molecule has 4 aromatic rings. The molecule has 162 valence electrons. The molecule has 0 heterocycles. The lowest BCUT2D eigenvalue weighted by atomic mass is 9.71. The van der Waals surface area contributed by atoms with Gasteiger partial charge in [-0.3, -0.25) is 0 Å². The van der Waals surface area contributed by atoms with E-state index in [0.717, 1.165) is 0 Å². The molecular formula is C32H34. The Kier molecular flexibility index (Phi) is 6.33. The van der Waals surface area contributed by atoms with Crippen LogP contribution in [0.4, 0.5) is 0 Å². The molecule has 0 fully saturated rings. The van der Waals surface area contributed by atoms with Crippen LogP contribution in [0.1, 0.15) is 78.5 Å². The van der Waals surface area contributed by atoms with Crippen molar-refractivity contribution >= 4 is 0 Å². The number of aryl methyl sites for hydroxylation is 1. The normalized spacial score (nSPS) is 12.7. The Labute approximate surface area is 194 Å². The molecule has 0 aromatic heterocycles. The molecule has 0 spiro atoms. The Hall–Kier alpha value is -3.12. The summed E-state index contributed by atoms with van der Waals surface area (Å²) in [5, 5.41) is 0. The summed E-state index contributed by atoms with van der Waals surface area (Å²) in [6.07, 6.45) is 0. The van der Waals surface area contributed by atoms with E-state index in [1.165, 1.54) is 38.9 Å². The summed E-state index contributed by atoms with van der Waals surface area (Å²) < 4.78 is 0. The van der Waals surface area contributed by atoms with Crippen molar-refractivity contribution in [2.75, 3.05) is 0 Å². The number of rotatable bonds is 5. The highest BCUT2D eigenvalue weighted by molar-refractivity contribution is 5.54. The molecule has 0 N–H and O–H groups in total. The fraction of sp³-hybridized carbons (Fsp3) is 0.250. The van der Waals surface area contributed by atoms with E-state index in [2.05, 4.69) is 138 Å². The van der Waals surface area contributed by atoms with Crippen LogP contribution in [-0.2, 0) is 5.41 Å². The second-order valence-electron chi connectivity index (χ2n) is 9.96. The third-order valence-corrected chi connectivity index (χ3v) is 6.44. The fourth-order valence-corrected chi connectivity index (χ4v) is 5.04. The molecule has 0 amide bonds. The first kappa shape index (κ1) is 22.1. The second-order valence-corrected chi connectivity index (χ2v) is 9.96. The van der Waals surface area contributed by atoms with E-state index in [-0.39, 0.29) is 11.3 Å². The minimum absolute atomic E-state index is 0.0171. The third-order valence-electron chi connectivity index (χ3n) is 6.44. The number of hydrogen-bond acceptors (Lipinski definition) is 0. The van der Waals surface area contributed by atoms with Crippen LogP contribution in [0.3, 0.4) is 0 Å². The quantitative estimate of drug-likeness (QED) is 0.285. The van der Waals surface area contributed by atoms with E-state index in [4.69, 9.17) is 0 Å². The van der Waals surface area contributed by atoms with Gasteiger partial charge in [0.05, 0.1) is 0 Å². The molecule has 0 saturated heterocycles. The van der Waals surface area contributed by atoms with Crippen molar-refractivity contribution in [3.63, 3.8) is 0 Å². The van der Waals surface area contributed by atoms with E-state index >= 15 is 0 Å². The first-order valence-corrected chi connectivity index (χ1v) is 11.7. The van der Waals surface area contributed by atoms with Gasteiger partial charge in [0.15, 0.2) is 0 Å². The highest BCUT2D eigenvalue weighted by atomic mass is 14.3. The minimum atomic E-state index is 0.0171. The van der Waals surface area contributed by atoms with Gasteiger partial charge in [-0.05, 0) is 45.7 Å². The zero-order valence-corrected chi connectivity index (χ0v) is 20.0. The van der Waals surface area contributed by atoms with Crippen LogP contribution in [0.5, 0.6) is 0 Å². The van der Waals surface area contributed by atoms with E-state index < -0.39 is 0 Å². The first-order chi connectivity index (χ1) is 15.4. The van der Waals surface area contributed by atoms with E-state index in [1.54, 1.807) is 0 Å². The molecule has 0 radical (unpaired) electrons. The smallest absolute Gasteiger partial charge is 0.0343 e. The van der Waals surface area contributed by atoms with Gasteiger partial charge < -0.3 is 0 Å². The lowest BCUT2D eigenvalue weighted by molar-refractivity contribution is 0.569. The molecule has 1 unspecified atom stereocenters. The van der Waals surface area contributed by atoms with Crippen molar-refractivity contribution < 1.29 is 0 Å². The van der Waals surface area contributed by atoms with Gasteiger partial charge in [-0.25, -0.2) is 0 Å². The molecule has 0 aliphatic carbocycles. The van der Waals surface area contributed by atoms with Crippen molar-refractivity contribution in [2.24, 2.45) is 0 Å². The fourth-order valence-electron chi connectivity index (χ4n) is 5.04. The average Bonchev–Trinajstić information content (AvgIpc) is 2.79. The predicted molar refractivity (Wildman–Crippen MR) is 138 cm³/mol. The van der Waals surface area contributed by atoms with Crippen LogP contribution >= 0.6 is 0 Å². The number of benzene rings is 4. The van der Waals surface area contributed by atoms with Crippen molar-refractivity contribution in [1.82, 2.24) is 0 Å². The largest absolute Gasteiger partial charge is 0.0622 e. The SMILES string of the molecule is Cc1cc(C(C)c2ccccc2)c(C(C)(C)C)c(C(c2ccccc2)c2ccccc2)c1. The topological polar surface area (TPSA) is 0 Å². The molecule has 4 aromatic carbocycles. The molecule has 32 heavy (non-hydrogen) atoms. The Bertz CT molecular complexity index is 1110. The van der Waals surface area contributed by atoms with Gasteiger partial charge in [0, 0.05) is 11.8 Å². The second kappa shape index (κ2) is 9.17. The summed E-state index contributed by atoms with van der Waals surface area (Å²) >= 11 is 0. The zero-order chi connectivity index (χ0) is 22.7. The van der Waals surface area contributed by atoms with Gasteiger partial charge in [0.25, 0.3) is 0 Å². The summed E-state index contributed by atoms with van der Waals surface area (Å²) in [6, 6.07) is 37.7. The highest BCUT2D eigenvalue weighted by Gasteiger charge is 2.30. The highest BCUT2D eigenvalue weighted by Crippen LogP contribution is 2.43. The van der Waals surface area contributed by atoms with E-state index in [9.17, 15) is 0 Å². The predicted octanol–water partition coefficient (Wildman–Crippen LogP) is 8.62. The standard InChI is InChI=1S/C32H34/c1-23-21-28(24(2)25-15-9-6-10-16-25)31(32(3,4)5)29(22-23)30(26-17-11-7-12-18-26)27-19-13-8-14-20-27/h6-22,24,30H,1-5H3. The average molecular weight is 419 g/mol. The molecule has 0 saturated carbocycles. The van der Waals surface area contributed by atoms with Crippen LogP contribution in [0.2, 0.25) is 0 Å². The summed E-state index contributed by atoms with van der Waals surface area (Å²) in [6.45, 7) is 11.7. The van der Waals surface area contributed by atoms with Gasteiger partial charge in [-0.2, -0.15) is 0 Å². The van der Waals surface area contributed by atoms with Crippen molar-refractivity contribution in [2.45, 2.75) is 51.9 Å². The Morgan fingerprint density at radius 2 is 0.969 bits per heavy atom. The number of hydrogen-bond donors (Lipinski definition) is 0. The van der Waals surface area contributed by atoms with Crippen LogP contribution < -0.4 is 0 Å². The maximum atomic E-state index is 2.42. The van der Waals surface area contributed by atoms with Gasteiger partial charge >= 0.3 is 0 Å². The molecule has 0 aliphatic heterocycles. The minimum Gasteiger partial charge on any atom is -0.0622 e. The van der Waals surface area contributed by atoms with Crippen molar-refractivity contribution in [3.05, 3.63) is 142 Å². The molecule has 4 rings (SSSR count). The molecule has 0 aliphatic rings. The van der Waals surface area contributed by atoms with Gasteiger partial charge in [0.1, 0.15) is 0 Å². The molecular weight excluding hydrogens is 384 g/mol. The summed E-state index contributed by atoms with van der Waals surface area (Å²) in [5.41, 5.74) is 9.72. The summed E-state index contributed by atoms with van der Waals surface area (Å²) in [7, 11) is 0. The molecule has 0 heteroatoms. The maximum Gasteiger partial charge on any atom is 0.0343 e. The summed E-state index contributed by atoms with van der Waals surface area (Å²) in [4.78, 5) is 0. The van der Waals surface area contributed by atoms with Gasteiger partial charge in [0.2, 0.25) is 0 Å². The Morgan fingerprint density at radius 1 is 0.562 bits per heavy atom. The molecule has 0 bridgehead atoms. The first-order valence-electron chi connectivity index (χ1n) is 11.7. The van der Waals surface area contributed by atoms with Crippen molar-refractivity contribution in [1.29, 1.82) is 0 Å². The monoisotopic (exact) mass is 418 g/mol. The van der Waals surface area contributed by atoms with Gasteiger partial charge in [-0.1, -0.05) is 136 Å². The van der Waals surface area contributed by atoms with Crippen LogP contribution in [0.15, 0.2) is 103 Å². The van der Waals surface area contributed by atoms with Crippen molar-refractivity contribution in [3.8, 4) is 0 Å². The lowest BCUT2D eigenvalue weighted by Gasteiger charge is -2.33. The summed E-state index contributed by atoms with van der Waals surface area (Å²) in [5.74, 6) is 0.532. The Balaban J connectivity index is 2.01. The van der Waals surface area contributed by atoms with E-state index in [0.29, 0.717) is 5.92 Å². The van der Waals surface area contributed by atoms with Crippen LogP contribution in [-0.4, -0.2) is 0 Å². The third kappa shape index (κ3) is 4.55. The lowest BCUT2D eigenvalue weighted by Crippen LogP contribution is -2.21. The van der Waals surface area contributed by atoms with Crippen LogP contribution in [0, 0.1) is 6.92 Å². The molecule has 0 nitrogen and oxygen atoms in total. The molecule has 1 atom stereocenters. The van der Waals surface area contributed by atoms with E-state index in [1.807, 2.05) is 0 Å². The zero-order valence-electron chi connectivity index (χ0n) is 20.0. The Morgan fingerprint density at radius 3 is 1.41 bits per heavy atom. The van der Waals surface area contributed by atoms with Crippen LogP contribution in [0.25, 0.3) is 0 Å². The van der Waals surface area contributed by atoms with Gasteiger partial charge in [-0.15, -0.1) is 0 Å².